The number of nitrogen functional groups attached to an aromatic ring is 1. The van der Waals surface area contributed by atoms with Gasteiger partial charge in [-0.2, -0.15) is 0 Å². The monoisotopic (exact) mass is 339 g/mol. The Bertz CT molecular complexity index is 563. The fourth-order valence-electron chi connectivity index (χ4n) is 2.81. The molecule has 0 radical (unpaired) electrons. The third-order valence-electron chi connectivity index (χ3n) is 4.12. The van der Waals surface area contributed by atoms with Crippen LogP contribution in [0.5, 0.6) is 0 Å². The summed E-state index contributed by atoms with van der Waals surface area (Å²) in [7, 11) is 0. The summed E-state index contributed by atoms with van der Waals surface area (Å²) in [5.74, 6) is -0.0768. The van der Waals surface area contributed by atoms with E-state index in [1.807, 2.05) is 19.9 Å². The van der Waals surface area contributed by atoms with Gasteiger partial charge in [-0.25, -0.2) is 0 Å². The summed E-state index contributed by atoms with van der Waals surface area (Å²) in [6.45, 7) is 5.81. The average Bonchev–Trinajstić information content (AvgIpc) is 2.54. The molecule has 1 saturated heterocycles. The number of hydrogen-bond donors (Lipinski definition) is 2. The van der Waals surface area contributed by atoms with Gasteiger partial charge in [0.15, 0.2) is 0 Å². The van der Waals surface area contributed by atoms with Crippen LogP contribution in [-0.4, -0.2) is 36.3 Å². The van der Waals surface area contributed by atoms with Gasteiger partial charge in [-0.05, 0) is 43.9 Å². The van der Waals surface area contributed by atoms with Crippen LogP contribution in [-0.2, 0) is 4.79 Å². The van der Waals surface area contributed by atoms with E-state index in [4.69, 9.17) is 5.73 Å². The maximum atomic E-state index is 12.7. The largest absolute Gasteiger partial charge is 0.399 e. The molecule has 1 aromatic carbocycles. The fraction of sp³-hybridized carbons (Fsp3) is 0.529. The van der Waals surface area contributed by atoms with Crippen LogP contribution in [0, 0.1) is 12.8 Å². The number of rotatable bonds is 4. The third kappa shape index (κ3) is 4.86. The number of piperidine rings is 1. The van der Waals surface area contributed by atoms with Crippen molar-refractivity contribution < 1.29 is 9.59 Å². The molecule has 128 valence electrons. The summed E-state index contributed by atoms with van der Waals surface area (Å²) in [5, 5.41) is 2.92. The molecule has 23 heavy (non-hydrogen) atoms. The van der Waals surface area contributed by atoms with Crippen molar-refractivity contribution in [3.8, 4) is 0 Å². The standard InChI is InChI=1S/C17H25N3O2.ClH/c1-3-8-19-16(21)13-5-4-9-20(11-13)17(22)15-10-14(18)7-6-12(15)2;/h6-7,10,13H,3-5,8-9,11,18H2,1-2H3,(H,19,21);1H. The first kappa shape index (κ1) is 19.3. The normalized spacial score (nSPS) is 17.3. The zero-order valence-electron chi connectivity index (χ0n) is 13.8. The van der Waals surface area contributed by atoms with Crippen molar-refractivity contribution in [1.82, 2.24) is 10.2 Å². The SMILES string of the molecule is CCCNC(=O)C1CCCN(C(=O)c2cc(N)ccc2C)C1.Cl. The van der Waals surface area contributed by atoms with E-state index in [2.05, 4.69) is 5.32 Å². The zero-order chi connectivity index (χ0) is 16.1. The lowest BCUT2D eigenvalue weighted by molar-refractivity contribution is -0.126. The summed E-state index contributed by atoms with van der Waals surface area (Å²) >= 11 is 0. The van der Waals surface area contributed by atoms with Gasteiger partial charge in [-0.1, -0.05) is 13.0 Å². The summed E-state index contributed by atoms with van der Waals surface area (Å²) in [5.41, 5.74) is 7.92. The van der Waals surface area contributed by atoms with Crippen LogP contribution in [0.25, 0.3) is 0 Å². The molecule has 1 aromatic rings. The lowest BCUT2D eigenvalue weighted by atomic mass is 9.96. The van der Waals surface area contributed by atoms with Crippen molar-refractivity contribution >= 4 is 29.9 Å². The van der Waals surface area contributed by atoms with E-state index >= 15 is 0 Å². The third-order valence-corrected chi connectivity index (χ3v) is 4.12. The number of nitrogens with zero attached hydrogens (tertiary/aromatic N) is 1. The molecular formula is C17H26ClN3O2. The predicted molar refractivity (Wildman–Crippen MR) is 94.8 cm³/mol. The van der Waals surface area contributed by atoms with Crippen LogP contribution in [0.2, 0.25) is 0 Å². The number of nitrogens with two attached hydrogens (primary N) is 1. The second-order valence-corrected chi connectivity index (χ2v) is 5.96. The lowest BCUT2D eigenvalue weighted by Gasteiger charge is -2.32. The Morgan fingerprint density at radius 3 is 2.83 bits per heavy atom. The molecule has 6 heteroatoms. The van der Waals surface area contributed by atoms with Crippen LogP contribution in [0.1, 0.15) is 42.1 Å². The molecule has 0 aromatic heterocycles. The smallest absolute Gasteiger partial charge is 0.254 e. The molecule has 1 heterocycles. The van der Waals surface area contributed by atoms with E-state index in [1.54, 1.807) is 17.0 Å². The number of anilines is 1. The molecule has 0 aliphatic carbocycles. The minimum absolute atomic E-state index is 0. The Balaban J connectivity index is 0.00000264. The number of amides is 2. The van der Waals surface area contributed by atoms with Gasteiger partial charge in [-0.15, -0.1) is 12.4 Å². The van der Waals surface area contributed by atoms with Gasteiger partial charge in [-0.3, -0.25) is 9.59 Å². The number of nitrogens with one attached hydrogen (secondary N) is 1. The molecular weight excluding hydrogens is 314 g/mol. The van der Waals surface area contributed by atoms with Gasteiger partial charge in [0, 0.05) is 30.9 Å². The second kappa shape index (κ2) is 8.77. The molecule has 2 amide bonds. The molecule has 1 atom stereocenters. The van der Waals surface area contributed by atoms with E-state index in [0.29, 0.717) is 30.9 Å². The van der Waals surface area contributed by atoms with Crippen molar-refractivity contribution in [2.75, 3.05) is 25.4 Å². The molecule has 0 bridgehead atoms. The molecule has 1 unspecified atom stereocenters. The molecule has 1 aliphatic rings. The summed E-state index contributed by atoms with van der Waals surface area (Å²) in [4.78, 5) is 26.6. The van der Waals surface area contributed by atoms with Crippen molar-refractivity contribution in [2.24, 2.45) is 5.92 Å². The lowest BCUT2D eigenvalue weighted by Crippen LogP contribution is -2.45. The van der Waals surface area contributed by atoms with Crippen LogP contribution in [0.15, 0.2) is 18.2 Å². The van der Waals surface area contributed by atoms with Crippen LogP contribution >= 0.6 is 12.4 Å². The van der Waals surface area contributed by atoms with E-state index in [0.717, 1.165) is 24.8 Å². The van der Waals surface area contributed by atoms with E-state index in [-0.39, 0.29) is 30.1 Å². The number of halogens is 1. The highest BCUT2D eigenvalue weighted by molar-refractivity contribution is 5.97. The van der Waals surface area contributed by atoms with Crippen molar-refractivity contribution in [3.05, 3.63) is 29.3 Å². The Morgan fingerprint density at radius 1 is 1.39 bits per heavy atom. The maximum absolute atomic E-state index is 12.7. The number of aryl methyl sites for hydroxylation is 1. The second-order valence-electron chi connectivity index (χ2n) is 5.96. The van der Waals surface area contributed by atoms with Gasteiger partial charge in [0.25, 0.3) is 5.91 Å². The van der Waals surface area contributed by atoms with Crippen LogP contribution < -0.4 is 11.1 Å². The van der Waals surface area contributed by atoms with Gasteiger partial charge in [0.1, 0.15) is 0 Å². The van der Waals surface area contributed by atoms with Gasteiger partial charge < -0.3 is 16.0 Å². The number of carbonyl (C=O) groups is 2. The Labute approximate surface area is 144 Å². The maximum Gasteiger partial charge on any atom is 0.254 e. The van der Waals surface area contributed by atoms with E-state index < -0.39 is 0 Å². The highest BCUT2D eigenvalue weighted by atomic mass is 35.5. The molecule has 1 aliphatic heterocycles. The minimum Gasteiger partial charge on any atom is -0.399 e. The number of likely N-dealkylation sites (tertiary alicyclic amines) is 1. The molecule has 2 rings (SSSR count). The summed E-state index contributed by atoms with van der Waals surface area (Å²) in [6, 6.07) is 5.37. The van der Waals surface area contributed by atoms with Gasteiger partial charge in [0.05, 0.1) is 5.92 Å². The fourth-order valence-corrected chi connectivity index (χ4v) is 2.81. The van der Waals surface area contributed by atoms with Gasteiger partial charge >= 0.3 is 0 Å². The number of hydrogen-bond acceptors (Lipinski definition) is 3. The number of carbonyl (C=O) groups excluding carboxylic acids is 2. The molecule has 3 N–H and O–H groups in total. The summed E-state index contributed by atoms with van der Waals surface area (Å²) < 4.78 is 0. The zero-order valence-corrected chi connectivity index (χ0v) is 14.6. The van der Waals surface area contributed by atoms with Crippen molar-refractivity contribution in [1.29, 1.82) is 0 Å². The summed E-state index contributed by atoms with van der Waals surface area (Å²) in [6.07, 6.45) is 2.62. The molecule has 0 spiro atoms. The van der Waals surface area contributed by atoms with Crippen LogP contribution in [0.3, 0.4) is 0 Å². The van der Waals surface area contributed by atoms with E-state index in [1.165, 1.54) is 0 Å². The first-order valence-electron chi connectivity index (χ1n) is 7.96. The average molecular weight is 340 g/mol. The van der Waals surface area contributed by atoms with Crippen molar-refractivity contribution in [3.63, 3.8) is 0 Å². The predicted octanol–water partition coefficient (Wildman–Crippen LogP) is 2.38. The first-order valence-corrected chi connectivity index (χ1v) is 7.96. The highest BCUT2D eigenvalue weighted by Crippen LogP contribution is 2.21. The van der Waals surface area contributed by atoms with E-state index in [9.17, 15) is 9.59 Å². The van der Waals surface area contributed by atoms with Crippen molar-refractivity contribution in [2.45, 2.75) is 33.1 Å². The number of benzene rings is 1. The molecule has 0 saturated carbocycles. The highest BCUT2D eigenvalue weighted by Gasteiger charge is 2.29. The Morgan fingerprint density at radius 2 is 2.13 bits per heavy atom. The Hall–Kier alpha value is -1.75. The quantitative estimate of drug-likeness (QED) is 0.827. The molecule has 1 fully saturated rings. The topological polar surface area (TPSA) is 75.4 Å². The van der Waals surface area contributed by atoms with Crippen LogP contribution in [0.4, 0.5) is 5.69 Å². The van der Waals surface area contributed by atoms with Gasteiger partial charge in [0.2, 0.25) is 5.91 Å². The molecule has 5 nitrogen and oxygen atoms in total. The minimum atomic E-state index is -0.106. The Kier molecular flexibility index (Phi) is 7.36. The first-order chi connectivity index (χ1) is 10.5.